The topological polar surface area (TPSA) is 71.1 Å². The van der Waals surface area contributed by atoms with Gasteiger partial charge in [0.2, 0.25) is 5.91 Å². The Balaban J connectivity index is 1.60. The summed E-state index contributed by atoms with van der Waals surface area (Å²) in [5.41, 5.74) is 0.985. The van der Waals surface area contributed by atoms with E-state index in [0.717, 1.165) is 11.6 Å². The molecule has 0 radical (unpaired) electrons. The van der Waals surface area contributed by atoms with E-state index >= 15 is 0 Å². The van der Waals surface area contributed by atoms with Gasteiger partial charge in [0.15, 0.2) is 5.13 Å². The molecular formula is C22H19ClF3N3O2S. The highest BCUT2D eigenvalue weighted by Gasteiger charge is 2.33. The maximum absolute atomic E-state index is 13.0. The highest BCUT2D eigenvalue weighted by molar-refractivity contribution is 7.15. The van der Waals surface area contributed by atoms with Crippen molar-refractivity contribution >= 4 is 39.9 Å². The normalized spacial score (nSPS) is 11.3. The van der Waals surface area contributed by atoms with Crippen LogP contribution in [0.4, 0.5) is 18.3 Å². The number of alkyl halides is 3. The van der Waals surface area contributed by atoms with Crippen LogP contribution in [0.1, 0.15) is 38.8 Å². The molecule has 3 rings (SSSR count). The van der Waals surface area contributed by atoms with Gasteiger partial charge >= 0.3 is 6.18 Å². The molecule has 0 unspecified atom stereocenters. The van der Waals surface area contributed by atoms with Gasteiger partial charge in [-0.1, -0.05) is 29.8 Å². The van der Waals surface area contributed by atoms with Gasteiger partial charge in [-0.25, -0.2) is 4.98 Å². The number of thiazole rings is 1. The van der Waals surface area contributed by atoms with Crippen molar-refractivity contribution in [1.82, 2.24) is 10.3 Å². The van der Waals surface area contributed by atoms with E-state index in [4.69, 9.17) is 11.6 Å². The van der Waals surface area contributed by atoms with Crippen LogP contribution in [0.25, 0.3) is 0 Å². The molecule has 0 saturated heterocycles. The number of halogens is 4. The average molecular weight is 482 g/mol. The summed E-state index contributed by atoms with van der Waals surface area (Å²) in [5.74, 6) is -0.439. The zero-order valence-electron chi connectivity index (χ0n) is 16.9. The number of hydrogen-bond acceptors (Lipinski definition) is 4. The number of carbonyl (C=O) groups is 2. The molecule has 0 aliphatic heterocycles. The molecule has 0 spiro atoms. The number of amides is 2. The monoisotopic (exact) mass is 481 g/mol. The van der Waals surface area contributed by atoms with Gasteiger partial charge in [-0.05, 0) is 41.8 Å². The maximum Gasteiger partial charge on any atom is 0.417 e. The van der Waals surface area contributed by atoms with Gasteiger partial charge < -0.3 is 5.32 Å². The van der Waals surface area contributed by atoms with Crippen molar-refractivity contribution in [2.45, 2.75) is 25.9 Å². The van der Waals surface area contributed by atoms with Crippen LogP contribution < -0.4 is 10.6 Å². The van der Waals surface area contributed by atoms with Gasteiger partial charge in [0.1, 0.15) is 0 Å². The largest absolute Gasteiger partial charge is 0.417 e. The molecule has 0 atom stereocenters. The van der Waals surface area contributed by atoms with Gasteiger partial charge in [0, 0.05) is 36.5 Å². The molecule has 2 aromatic carbocycles. The summed E-state index contributed by atoms with van der Waals surface area (Å²) in [7, 11) is 0. The van der Waals surface area contributed by atoms with Crippen LogP contribution in [-0.4, -0.2) is 23.3 Å². The lowest BCUT2D eigenvalue weighted by Gasteiger charge is -2.10. The molecule has 10 heteroatoms. The summed E-state index contributed by atoms with van der Waals surface area (Å²) in [6.07, 6.45) is -2.12. The Morgan fingerprint density at radius 3 is 2.44 bits per heavy atom. The Morgan fingerprint density at radius 2 is 1.78 bits per heavy atom. The van der Waals surface area contributed by atoms with Crippen LogP contribution in [0.5, 0.6) is 0 Å². The van der Waals surface area contributed by atoms with Gasteiger partial charge in [-0.2, -0.15) is 13.2 Å². The van der Waals surface area contributed by atoms with Crippen molar-refractivity contribution in [3.8, 4) is 0 Å². The summed E-state index contributed by atoms with van der Waals surface area (Å²) >= 11 is 6.84. The van der Waals surface area contributed by atoms with Crippen molar-refractivity contribution in [2.24, 2.45) is 0 Å². The Kier molecular flexibility index (Phi) is 7.52. The highest BCUT2D eigenvalue weighted by atomic mass is 35.5. The number of anilines is 1. The first-order chi connectivity index (χ1) is 15.1. The summed E-state index contributed by atoms with van der Waals surface area (Å²) in [6, 6.07) is 10.8. The number of nitrogens with zero attached hydrogens (tertiary/aromatic N) is 1. The third-order valence-corrected chi connectivity index (χ3v) is 5.73. The number of hydrogen-bond donors (Lipinski definition) is 2. The fourth-order valence-electron chi connectivity index (χ4n) is 2.92. The van der Waals surface area contributed by atoms with E-state index in [1.165, 1.54) is 36.6 Å². The molecule has 0 aliphatic carbocycles. The first-order valence-electron chi connectivity index (χ1n) is 9.57. The Labute approximate surface area is 191 Å². The van der Waals surface area contributed by atoms with Crippen molar-refractivity contribution in [2.75, 3.05) is 11.9 Å². The minimum atomic E-state index is -4.53. The van der Waals surface area contributed by atoms with Crippen molar-refractivity contribution in [1.29, 1.82) is 0 Å². The van der Waals surface area contributed by atoms with E-state index < -0.39 is 11.7 Å². The number of rotatable bonds is 7. The summed E-state index contributed by atoms with van der Waals surface area (Å²) in [4.78, 5) is 28.2. The van der Waals surface area contributed by atoms with E-state index in [-0.39, 0.29) is 23.3 Å². The Bertz CT molecular complexity index is 1110. The predicted octanol–water partition coefficient (Wildman–Crippen LogP) is 5.34. The molecule has 1 aromatic heterocycles. The van der Waals surface area contributed by atoms with Crippen LogP contribution in [0.2, 0.25) is 5.02 Å². The molecule has 0 bridgehead atoms. The minimum absolute atomic E-state index is 0.0966. The van der Waals surface area contributed by atoms with E-state index in [1.807, 2.05) is 12.1 Å². The third-order valence-electron chi connectivity index (χ3n) is 4.49. The minimum Gasteiger partial charge on any atom is -0.356 e. The highest BCUT2D eigenvalue weighted by Crippen LogP contribution is 2.35. The van der Waals surface area contributed by atoms with Gasteiger partial charge in [0.05, 0.1) is 10.6 Å². The quantitative estimate of drug-likeness (QED) is 0.478. The second-order valence-corrected chi connectivity index (χ2v) is 8.53. The van der Waals surface area contributed by atoms with Gasteiger partial charge in [-0.15, -0.1) is 11.3 Å². The standard InChI is InChI=1S/C22H19ClF3N3O2S/c1-13(30)27-9-8-14-2-5-16(6-3-14)20(31)29-21-28-12-17(32-21)10-15-4-7-19(23)18(11-15)22(24,25)26/h2-7,11-12H,8-10H2,1H3,(H,27,30)(H,28,29,31). The number of aromatic nitrogens is 1. The van der Waals surface area contributed by atoms with Crippen molar-refractivity contribution < 1.29 is 22.8 Å². The van der Waals surface area contributed by atoms with Gasteiger partial charge in [-0.3, -0.25) is 14.9 Å². The van der Waals surface area contributed by atoms with E-state index in [2.05, 4.69) is 15.6 Å². The smallest absolute Gasteiger partial charge is 0.356 e. The lowest BCUT2D eigenvalue weighted by molar-refractivity contribution is -0.137. The predicted molar refractivity (Wildman–Crippen MR) is 118 cm³/mol. The summed E-state index contributed by atoms with van der Waals surface area (Å²) in [5, 5.41) is 5.41. The second-order valence-electron chi connectivity index (χ2n) is 7.00. The van der Waals surface area contributed by atoms with Crippen LogP contribution >= 0.6 is 22.9 Å². The lowest BCUT2D eigenvalue weighted by atomic mass is 10.1. The molecule has 2 amide bonds. The molecule has 2 N–H and O–H groups in total. The fraction of sp³-hybridized carbons (Fsp3) is 0.227. The SMILES string of the molecule is CC(=O)NCCc1ccc(C(=O)Nc2ncc(Cc3ccc(Cl)c(C(F)(F)F)c3)s2)cc1. The zero-order chi connectivity index (χ0) is 23.3. The zero-order valence-corrected chi connectivity index (χ0v) is 18.5. The first kappa shape index (κ1) is 23.7. The lowest BCUT2D eigenvalue weighted by Crippen LogP contribution is -2.22. The molecule has 1 heterocycles. The second kappa shape index (κ2) is 10.1. The average Bonchev–Trinajstić information content (AvgIpc) is 3.15. The summed E-state index contributed by atoms with van der Waals surface area (Å²) < 4.78 is 39.1. The Morgan fingerprint density at radius 1 is 1.09 bits per heavy atom. The third kappa shape index (κ3) is 6.54. The maximum atomic E-state index is 13.0. The van der Waals surface area contributed by atoms with E-state index in [9.17, 15) is 22.8 Å². The fourth-order valence-corrected chi connectivity index (χ4v) is 3.99. The van der Waals surface area contributed by atoms with E-state index in [1.54, 1.807) is 12.1 Å². The molecule has 0 fully saturated rings. The molecule has 168 valence electrons. The van der Waals surface area contributed by atoms with Crippen LogP contribution in [0.3, 0.4) is 0 Å². The van der Waals surface area contributed by atoms with Crippen LogP contribution in [0, 0.1) is 0 Å². The summed E-state index contributed by atoms with van der Waals surface area (Å²) in [6.45, 7) is 1.97. The van der Waals surface area contributed by atoms with Crippen molar-refractivity contribution in [3.63, 3.8) is 0 Å². The molecule has 0 saturated carbocycles. The number of nitrogens with one attached hydrogen (secondary N) is 2. The van der Waals surface area contributed by atoms with E-state index in [0.29, 0.717) is 34.1 Å². The molecule has 5 nitrogen and oxygen atoms in total. The van der Waals surface area contributed by atoms with Crippen LogP contribution in [-0.2, 0) is 23.8 Å². The number of benzene rings is 2. The number of carbonyl (C=O) groups excluding carboxylic acids is 2. The van der Waals surface area contributed by atoms with Crippen molar-refractivity contribution in [3.05, 3.63) is 80.8 Å². The molecular weight excluding hydrogens is 463 g/mol. The Hall–Kier alpha value is -2.91. The molecule has 32 heavy (non-hydrogen) atoms. The van der Waals surface area contributed by atoms with Gasteiger partial charge in [0.25, 0.3) is 5.91 Å². The first-order valence-corrected chi connectivity index (χ1v) is 10.8. The molecule has 0 aliphatic rings. The van der Waals surface area contributed by atoms with Crippen LogP contribution in [0.15, 0.2) is 48.7 Å². The molecule has 3 aromatic rings.